The molecule has 1 atom stereocenters. The normalized spacial score (nSPS) is 17.8. The van der Waals surface area contributed by atoms with Gasteiger partial charge in [-0.2, -0.15) is 0 Å². The van der Waals surface area contributed by atoms with E-state index >= 15 is 0 Å². The van der Waals surface area contributed by atoms with Gasteiger partial charge in [-0.25, -0.2) is 0 Å². The molecule has 0 bridgehead atoms. The van der Waals surface area contributed by atoms with Gasteiger partial charge in [0.2, 0.25) is 0 Å². The maximum atomic E-state index is 2.62. The Labute approximate surface area is 152 Å². The zero-order chi connectivity index (χ0) is 17.3. The zero-order valence-corrected chi connectivity index (χ0v) is 15.3. The standard InChI is InChI=1S/C23H30N2/c1-21(23-12-6-3-7-13-23)14-16-25-19-17-24(18-20-25)15-8-11-22-9-4-2-5-10-22/h2-13,21H,14-20H2,1H3/b11-8+. The van der Waals surface area contributed by atoms with Crippen LogP contribution in [0.25, 0.3) is 6.08 Å². The number of piperazine rings is 1. The summed E-state index contributed by atoms with van der Waals surface area (Å²) in [5.41, 5.74) is 2.75. The van der Waals surface area contributed by atoms with Crippen molar-refractivity contribution in [2.24, 2.45) is 0 Å². The molecular weight excluding hydrogens is 304 g/mol. The van der Waals surface area contributed by atoms with Gasteiger partial charge in [0.25, 0.3) is 0 Å². The third kappa shape index (κ3) is 5.84. The molecule has 132 valence electrons. The number of hydrogen-bond donors (Lipinski definition) is 0. The van der Waals surface area contributed by atoms with E-state index in [-0.39, 0.29) is 0 Å². The minimum Gasteiger partial charge on any atom is -0.301 e. The van der Waals surface area contributed by atoms with Crippen molar-refractivity contribution in [3.63, 3.8) is 0 Å². The molecule has 1 saturated heterocycles. The number of nitrogens with zero attached hydrogens (tertiary/aromatic N) is 2. The van der Waals surface area contributed by atoms with Crippen LogP contribution in [0.3, 0.4) is 0 Å². The lowest BCUT2D eigenvalue weighted by atomic mass is 9.97. The molecule has 1 fully saturated rings. The van der Waals surface area contributed by atoms with Gasteiger partial charge in [-0.3, -0.25) is 4.90 Å². The highest BCUT2D eigenvalue weighted by atomic mass is 15.3. The molecule has 1 aliphatic heterocycles. The average molecular weight is 335 g/mol. The Bertz CT molecular complexity index is 628. The number of hydrogen-bond acceptors (Lipinski definition) is 2. The van der Waals surface area contributed by atoms with Gasteiger partial charge in [-0.1, -0.05) is 79.7 Å². The summed E-state index contributed by atoms with van der Waals surface area (Å²) in [7, 11) is 0. The average Bonchev–Trinajstić information content (AvgIpc) is 2.68. The second kappa shape index (κ2) is 9.55. The minimum absolute atomic E-state index is 0.646. The van der Waals surface area contributed by atoms with Crippen LogP contribution in [0.4, 0.5) is 0 Å². The first-order valence-corrected chi connectivity index (χ1v) is 9.52. The van der Waals surface area contributed by atoms with E-state index in [4.69, 9.17) is 0 Å². The van der Waals surface area contributed by atoms with Crippen molar-refractivity contribution >= 4 is 6.08 Å². The summed E-state index contributed by atoms with van der Waals surface area (Å²) in [6, 6.07) is 21.5. The van der Waals surface area contributed by atoms with Gasteiger partial charge < -0.3 is 4.90 Å². The number of rotatable bonds is 7. The third-order valence-electron chi connectivity index (χ3n) is 5.19. The molecule has 0 amide bonds. The van der Waals surface area contributed by atoms with E-state index in [9.17, 15) is 0 Å². The molecule has 2 nitrogen and oxygen atoms in total. The minimum atomic E-state index is 0.646. The van der Waals surface area contributed by atoms with Gasteiger partial charge in [-0.15, -0.1) is 0 Å². The van der Waals surface area contributed by atoms with Gasteiger partial charge in [0.15, 0.2) is 0 Å². The maximum absolute atomic E-state index is 2.62. The maximum Gasteiger partial charge on any atom is 0.0167 e. The highest BCUT2D eigenvalue weighted by molar-refractivity contribution is 5.48. The summed E-state index contributed by atoms with van der Waals surface area (Å²) in [4.78, 5) is 5.17. The van der Waals surface area contributed by atoms with Gasteiger partial charge in [0.05, 0.1) is 0 Å². The summed E-state index contributed by atoms with van der Waals surface area (Å²) in [6.07, 6.45) is 5.77. The predicted molar refractivity (Wildman–Crippen MR) is 108 cm³/mol. The first-order valence-electron chi connectivity index (χ1n) is 9.52. The fourth-order valence-electron chi connectivity index (χ4n) is 3.42. The molecule has 0 aliphatic carbocycles. The summed E-state index contributed by atoms with van der Waals surface area (Å²) in [6.45, 7) is 9.37. The van der Waals surface area contributed by atoms with Crippen LogP contribution < -0.4 is 0 Å². The Kier molecular flexibility index (Phi) is 6.84. The Morgan fingerprint density at radius 1 is 0.840 bits per heavy atom. The van der Waals surface area contributed by atoms with E-state index < -0.39 is 0 Å². The monoisotopic (exact) mass is 334 g/mol. The van der Waals surface area contributed by atoms with Gasteiger partial charge >= 0.3 is 0 Å². The van der Waals surface area contributed by atoms with Crippen LogP contribution in [0.15, 0.2) is 66.7 Å². The van der Waals surface area contributed by atoms with Crippen molar-refractivity contribution in [2.45, 2.75) is 19.3 Å². The van der Waals surface area contributed by atoms with Crippen LogP contribution in [0, 0.1) is 0 Å². The Morgan fingerprint density at radius 2 is 1.44 bits per heavy atom. The van der Waals surface area contributed by atoms with Crippen LogP contribution in [0.2, 0.25) is 0 Å². The predicted octanol–water partition coefficient (Wildman–Crippen LogP) is 4.51. The second-order valence-corrected chi connectivity index (χ2v) is 7.06. The van der Waals surface area contributed by atoms with Crippen LogP contribution in [0.5, 0.6) is 0 Å². The van der Waals surface area contributed by atoms with Gasteiger partial charge in [-0.05, 0) is 30.0 Å². The van der Waals surface area contributed by atoms with E-state index in [2.05, 4.69) is 89.5 Å². The SMILES string of the molecule is CC(CCN1CCN(C/C=C/c2ccccc2)CC1)c1ccccc1. The van der Waals surface area contributed by atoms with Crippen LogP contribution in [0.1, 0.15) is 30.4 Å². The van der Waals surface area contributed by atoms with Crippen LogP contribution >= 0.6 is 0 Å². The highest BCUT2D eigenvalue weighted by Gasteiger charge is 2.16. The summed E-state index contributed by atoms with van der Waals surface area (Å²) >= 11 is 0. The lowest BCUT2D eigenvalue weighted by Crippen LogP contribution is -2.46. The Morgan fingerprint density at radius 3 is 2.12 bits per heavy atom. The molecule has 1 aliphatic rings. The molecule has 1 heterocycles. The van der Waals surface area contributed by atoms with Crippen LogP contribution in [-0.2, 0) is 0 Å². The van der Waals surface area contributed by atoms with Gasteiger partial charge in [0.1, 0.15) is 0 Å². The largest absolute Gasteiger partial charge is 0.301 e. The molecule has 2 aromatic rings. The van der Waals surface area contributed by atoms with Crippen LogP contribution in [-0.4, -0.2) is 49.1 Å². The molecular formula is C23H30N2. The van der Waals surface area contributed by atoms with E-state index in [1.165, 1.54) is 50.3 Å². The second-order valence-electron chi connectivity index (χ2n) is 7.06. The fraction of sp³-hybridized carbons (Fsp3) is 0.391. The van der Waals surface area contributed by atoms with E-state index in [1.54, 1.807) is 0 Å². The molecule has 0 radical (unpaired) electrons. The first-order chi connectivity index (χ1) is 12.3. The highest BCUT2D eigenvalue weighted by Crippen LogP contribution is 2.19. The van der Waals surface area contributed by atoms with Crippen molar-refractivity contribution in [1.82, 2.24) is 9.80 Å². The fourth-order valence-corrected chi connectivity index (χ4v) is 3.42. The summed E-state index contributed by atoms with van der Waals surface area (Å²) in [5, 5.41) is 0. The first kappa shape index (κ1) is 17.9. The van der Waals surface area contributed by atoms with Crippen molar-refractivity contribution < 1.29 is 0 Å². The van der Waals surface area contributed by atoms with Crippen molar-refractivity contribution in [3.8, 4) is 0 Å². The molecule has 0 N–H and O–H groups in total. The topological polar surface area (TPSA) is 6.48 Å². The summed E-state index contributed by atoms with van der Waals surface area (Å²) < 4.78 is 0. The molecule has 1 unspecified atom stereocenters. The van der Waals surface area contributed by atoms with Crippen molar-refractivity contribution in [2.75, 3.05) is 39.3 Å². The molecule has 0 spiro atoms. The number of benzene rings is 2. The lowest BCUT2D eigenvalue weighted by molar-refractivity contribution is 0.140. The lowest BCUT2D eigenvalue weighted by Gasteiger charge is -2.34. The molecule has 0 saturated carbocycles. The zero-order valence-electron chi connectivity index (χ0n) is 15.3. The smallest absolute Gasteiger partial charge is 0.0167 e. The molecule has 2 aromatic carbocycles. The van der Waals surface area contributed by atoms with Crippen molar-refractivity contribution in [3.05, 3.63) is 77.9 Å². The van der Waals surface area contributed by atoms with Crippen molar-refractivity contribution in [1.29, 1.82) is 0 Å². The third-order valence-corrected chi connectivity index (χ3v) is 5.19. The Balaban J connectivity index is 1.35. The molecule has 25 heavy (non-hydrogen) atoms. The van der Waals surface area contributed by atoms with E-state index in [1.807, 2.05) is 0 Å². The van der Waals surface area contributed by atoms with E-state index in [0.29, 0.717) is 5.92 Å². The quantitative estimate of drug-likeness (QED) is 0.735. The van der Waals surface area contributed by atoms with Gasteiger partial charge in [0, 0.05) is 32.7 Å². The van der Waals surface area contributed by atoms with E-state index in [0.717, 1.165) is 6.54 Å². The Hall–Kier alpha value is -1.90. The molecule has 2 heteroatoms. The summed E-state index contributed by atoms with van der Waals surface area (Å²) in [5.74, 6) is 0.646. The molecule has 3 rings (SSSR count). The molecule has 0 aromatic heterocycles.